The fourth-order valence-electron chi connectivity index (χ4n) is 2.27. The highest BCUT2D eigenvalue weighted by atomic mass is 79.9. The van der Waals surface area contributed by atoms with Gasteiger partial charge in [0, 0.05) is 37.5 Å². The van der Waals surface area contributed by atoms with E-state index in [4.69, 9.17) is 0 Å². The summed E-state index contributed by atoms with van der Waals surface area (Å²) in [5.74, 6) is 1.77. The summed E-state index contributed by atoms with van der Waals surface area (Å²) in [6.07, 6.45) is 2.77. The minimum atomic E-state index is -0.106. The SMILES string of the molecule is CC(C)(C)c1nc(Br)cc(NCCC(=O)N2CCCC2)n1. The van der Waals surface area contributed by atoms with Crippen LogP contribution in [0.15, 0.2) is 10.7 Å². The fourth-order valence-corrected chi connectivity index (χ4v) is 2.65. The average Bonchev–Trinajstić information content (AvgIpc) is 2.90. The van der Waals surface area contributed by atoms with E-state index in [2.05, 4.69) is 52.0 Å². The predicted octanol–water partition coefficient (Wildman–Crippen LogP) is 2.96. The minimum absolute atomic E-state index is 0.106. The Kier molecular flexibility index (Phi) is 5.19. The van der Waals surface area contributed by atoms with Crippen molar-refractivity contribution in [2.75, 3.05) is 25.0 Å². The van der Waals surface area contributed by atoms with Crippen molar-refractivity contribution in [1.82, 2.24) is 14.9 Å². The number of halogens is 1. The maximum absolute atomic E-state index is 12.0. The third-order valence-corrected chi connectivity index (χ3v) is 3.88. The number of nitrogens with zero attached hydrogens (tertiary/aromatic N) is 3. The van der Waals surface area contributed by atoms with Crippen LogP contribution in [0.25, 0.3) is 0 Å². The lowest BCUT2D eigenvalue weighted by Crippen LogP contribution is -2.29. The molecule has 0 aromatic carbocycles. The molecule has 1 amide bonds. The molecule has 0 atom stereocenters. The van der Waals surface area contributed by atoms with E-state index in [0.29, 0.717) is 13.0 Å². The summed E-state index contributed by atoms with van der Waals surface area (Å²) >= 11 is 3.41. The molecule has 1 aliphatic rings. The molecular weight excluding hydrogens is 332 g/mol. The number of rotatable bonds is 4. The van der Waals surface area contributed by atoms with Gasteiger partial charge in [-0.3, -0.25) is 4.79 Å². The Bertz CT molecular complexity index is 507. The van der Waals surface area contributed by atoms with Gasteiger partial charge in [-0.25, -0.2) is 9.97 Å². The van der Waals surface area contributed by atoms with Gasteiger partial charge in [-0.2, -0.15) is 0 Å². The zero-order valence-electron chi connectivity index (χ0n) is 12.9. The minimum Gasteiger partial charge on any atom is -0.369 e. The van der Waals surface area contributed by atoms with Gasteiger partial charge in [-0.15, -0.1) is 0 Å². The molecule has 116 valence electrons. The molecule has 5 nitrogen and oxygen atoms in total. The largest absolute Gasteiger partial charge is 0.369 e. The molecule has 1 aliphatic heterocycles. The van der Waals surface area contributed by atoms with E-state index in [1.54, 1.807) is 0 Å². The molecule has 0 bridgehead atoms. The highest BCUT2D eigenvalue weighted by molar-refractivity contribution is 9.10. The first-order chi connectivity index (χ1) is 9.86. The Morgan fingerprint density at radius 1 is 1.33 bits per heavy atom. The average molecular weight is 355 g/mol. The molecule has 2 heterocycles. The van der Waals surface area contributed by atoms with Gasteiger partial charge in [-0.05, 0) is 28.8 Å². The normalized spacial score (nSPS) is 15.3. The number of likely N-dealkylation sites (tertiary alicyclic amines) is 1. The molecule has 6 heteroatoms. The number of hydrogen-bond donors (Lipinski definition) is 1. The van der Waals surface area contributed by atoms with Crippen LogP contribution in [0, 0.1) is 0 Å². The van der Waals surface area contributed by atoms with Crippen molar-refractivity contribution >= 4 is 27.7 Å². The Morgan fingerprint density at radius 2 is 2.00 bits per heavy atom. The van der Waals surface area contributed by atoms with E-state index >= 15 is 0 Å². The lowest BCUT2D eigenvalue weighted by atomic mass is 9.96. The van der Waals surface area contributed by atoms with Crippen molar-refractivity contribution in [1.29, 1.82) is 0 Å². The summed E-state index contributed by atoms with van der Waals surface area (Å²) in [5.41, 5.74) is -0.106. The molecular formula is C15H23BrN4O. The molecule has 1 fully saturated rings. The topological polar surface area (TPSA) is 58.1 Å². The number of amides is 1. The van der Waals surface area contributed by atoms with Gasteiger partial charge in [0.25, 0.3) is 0 Å². The quantitative estimate of drug-likeness (QED) is 0.844. The summed E-state index contributed by atoms with van der Waals surface area (Å²) in [6.45, 7) is 8.65. The first-order valence-corrected chi connectivity index (χ1v) is 8.22. The van der Waals surface area contributed by atoms with E-state index in [1.807, 2.05) is 11.0 Å². The molecule has 1 aromatic rings. The van der Waals surface area contributed by atoms with Gasteiger partial charge in [0.05, 0.1) is 0 Å². The zero-order valence-corrected chi connectivity index (χ0v) is 14.5. The van der Waals surface area contributed by atoms with Crippen molar-refractivity contribution in [2.45, 2.75) is 45.4 Å². The van der Waals surface area contributed by atoms with Gasteiger partial charge < -0.3 is 10.2 Å². The molecule has 1 N–H and O–H groups in total. The summed E-state index contributed by atoms with van der Waals surface area (Å²) in [5, 5.41) is 3.22. The number of anilines is 1. The lowest BCUT2D eigenvalue weighted by molar-refractivity contribution is -0.129. The first-order valence-electron chi connectivity index (χ1n) is 7.43. The number of carbonyl (C=O) groups is 1. The van der Waals surface area contributed by atoms with Crippen molar-refractivity contribution < 1.29 is 4.79 Å². The van der Waals surface area contributed by atoms with Crippen LogP contribution < -0.4 is 5.32 Å². The maximum atomic E-state index is 12.0. The van der Waals surface area contributed by atoms with Crippen LogP contribution in [0.4, 0.5) is 5.82 Å². The maximum Gasteiger partial charge on any atom is 0.224 e. The van der Waals surface area contributed by atoms with Crippen LogP contribution in [-0.2, 0) is 10.2 Å². The molecule has 0 spiro atoms. The van der Waals surface area contributed by atoms with Crippen LogP contribution in [0.5, 0.6) is 0 Å². The van der Waals surface area contributed by atoms with Gasteiger partial charge in [0.1, 0.15) is 16.2 Å². The monoisotopic (exact) mass is 354 g/mol. The second-order valence-corrected chi connectivity index (χ2v) is 7.23. The van der Waals surface area contributed by atoms with Gasteiger partial charge in [0.2, 0.25) is 5.91 Å². The van der Waals surface area contributed by atoms with Crippen LogP contribution in [0.1, 0.15) is 45.9 Å². The van der Waals surface area contributed by atoms with Gasteiger partial charge >= 0.3 is 0 Å². The molecule has 0 saturated carbocycles. The molecule has 0 radical (unpaired) electrons. The molecule has 1 aromatic heterocycles. The van der Waals surface area contributed by atoms with Crippen LogP contribution in [0.3, 0.4) is 0 Å². The number of aromatic nitrogens is 2. The Labute approximate surface area is 134 Å². The highest BCUT2D eigenvalue weighted by Crippen LogP contribution is 2.22. The molecule has 1 saturated heterocycles. The van der Waals surface area contributed by atoms with Crippen molar-refractivity contribution in [3.63, 3.8) is 0 Å². The van der Waals surface area contributed by atoms with Crippen LogP contribution in [-0.4, -0.2) is 40.4 Å². The summed E-state index contributed by atoms with van der Waals surface area (Å²) in [4.78, 5) is 22.8. The summed E-state index contributed by atoms with van der Waals surface area (Å²) in [6, 6.07) is 1.84. The van der Waals surface area contributed by atoms with E-state index in [9.17, 15) is 4.79 Å². The second kappa shape index (κ2) is 6.73. The lowest BCUT2D eigenvalue weighted by Gasteiger charge is -2.18. The Morgan fingerprint density at radius 3 is 2.62 bits per heavy atom. The number of hydrogen-bond acceptors (Lipinski definition) is 4. The summed E-state index contributed by atoms with van der Waals surface area (Å²) < 4.78 is 0.760. The van der Waals surface area contributed by atoms with E-state index in [1.165, 1.54) is 0 Å². The molecule has 0 unspecified atom stereocenters. The van der Waals surface area contributed by atoms with Crippen molar-refractivity contribution in [2.24, 2.45) is 0 Å². The Hall–Kier alpha value is -1.17. The first kappa shape index (κ1) is 16.2. The van der Waals surface area contributed by atoms with Crippen molar-refractivity contribution in [3.8, 4) is 0 Å². The van der Waals surface area contributed by atoms with E-state index < -0.39 is 0 Å². The zero-order chi connectivity index (χ0) is 15.5. The highest BCUT2D eigenvalue weighted by Gasteiger charge is 2.19. The second-order valence-electron chi connectivity index (χ2n) is 6.41. The number of carbonyl (C=O) groups excluding carboxylic acids is 1. The molecule has 0 aliphatic carbocycles. The summed E-state index contributed by atoms with van der Waals surface area (Å²) in [7, 11) is 0. The van der Waals surface area contributed by atoms with Crippen LogP contribution in [0.2, 0.25) is 0 Å². The number of nitrogens with one attached hydrogen (secondary N) is 1. The van der Waals surface area contributed by atoms with E-state index in [0.717, 1.165) is 42.2 Å². The smallest absolute Gasteiger partial charge is 0.224 e. The van der Waals surface area contributed by atoms with Crippen LogP contribution >= 0.6 is 15.9 Å². The van der Waals surface area contributed by atoms with Gasteiger partial charge in [-0.1, -0.05) is 20.8 Å². The Balaban J connectivity index is 1.91. The third-order valence-electron chi connectivity index (χ3n) is 3.47. The fraction of sp³-hybridized carbons (Fsp3) is 0.667. The van der Waals surface area contributed by atoms with E-state index in [-0.39, 0.29) is 11.3 Å². The van der Waals surface area contributed by atoms with Gasteiger partial charge in [0.15, 0.2) is 0 Å². The third kappa shape index (κ3) is 4.66. The molecule has 2 rings (SSSR count). The standard InChI is InChI=1S/C15H23BrN4O/c1-15(2,3)14-18-11(16)10-12(19-14)17-7-6-13(21)20-8-4-5-9-20/h10H,4-9H2,1-3H3,(H,17,18,19). The molecule has 21 heavy (non-hydrogen) atoms. The van der Waals surface area contributed by atoms with Crippen molar-refractivity contribution in [3.05, 3.63) is 16.5 Å². The predicted molar refractivity (Wildman–Crippen MR) is 87.4 cm³/mol.